The number of rotatable bonds is 7. The van der Waals surface area contributed by atoms with Gasteiger partial charge in [-0.25, -0.2) is 0 Å². The molecule has 0 heterocycles. The molecular weight excluding hydrogens is 282 g/mol. The highest BCUT2D eigenvalue weighted by Crippen LogP contribution is 2.22. The summed E-state index contributed by atoms with van der Waals surface area (Å²) in [4.78, 5) is 22.9. The Morgan fingerprint density at radius 3 is 2.75 bits per heavy atom. The third kappa shape index (κ3) is 5.48. The van der Waals surface area contributed by atoms with Crippen molar-refractivity contribution in [3.8, 4) is 5.75 Å². The summed E-state index contributed by atoms with van der Waals surface area (Å²) in [6, 6.07) is 5.09. The van der Waals surface area contributed by atoms with Crippen LogP contribution in [0.2, 0.25) is 5.02 Å². The molecule has 0 saturated heterocycles. The Morgan fingerprint density at radius 2 is 2.10 bits per heavy atom. The molecular formula is C14H18ClNO4. The molecule has 0 aliphatic rings. The summed E-state index contributed by atoms with van der Waals surface area (Å²) in [6.45, 7) is 2.33. The SMILES string of the molecule is CCOC(=O)CCNC(=O)Cc1cc(Cl)ccc1OC. The van der Waals surface area contributed by atoms with Gasteiger partial charge in [0.15, 0.2) is 0 Å². The molecule has 0 radical (unpaired) electrons. The third-order valence-electron chi connectivity index (χ3n) is 2.55. The van der Waals surface area contributed by atoms with E-state index in [1.807, 2.05) is 0 Å². The Balaban J connectivity index is 2.46. The van der Waals surface area contributed by atoms with Gasteiger partial charge in [0.1, 0.15) is 5.75 Å². The Hall–Kier alpha value is -1.75. The second kappa shape index (κ2) is 8.43. The van der Waals surface area contributed by atoms with Crippen LogP contribution in [0, 0.1) is 0 Å². The second-order valence-corrected chi connectivity index (χ2v) is 4.47. The van der Waals surface area contributed by atoms with E-state index in [0.717, 1.165) is 0 Å². The smallest absolute Gasteiger partial charge is 0.307 e. The molecule has 110 valence electrons. The van der Waals surface area contributed by atoms with E-state index in [-0.39, 0.29) is 31.3 Å². The molecule has 1 amide bonds. The van der Waals surface area contributed by atoms with Crippen LogP contribution in [-0.2, 0) is 20.7 Å². The first-order valence-electron chi connectivity index (χ1n) is 6.31. The van der Waals surface area contributed by atoms with E-state index in [1.54, 1.807) is 25.1 Å². The van der Waals surface area contributed by atoms with Gasteiger partial charge in [-0.15, -0.1) is 0 Å². The quantitative estimate of drug-likeness (QED) is 0.782. The van der Waals surface area contributed by atoms with E-state index in [1.165, 1.54) is 7.11 Å². The Kier molecular flexibility index (Phi) is 6.87. The highest BCUT2D eigenvalue weighted by molar-refractivity contribution is 6.30. The van der Waals surface area contributed by atoms with Crippen LogP contribution < -0.4 is 10.1 Å². The first kappa shape index (κ1) is 16.3. The zero-order valence-electron chi connectivity index (χ0n) is 11.6. The minimum absolute atomic E-state index is 0.145. The summed E-state index contributed by atoms with van der Waals surface area (Å²) in [6.07, 6.45) is 0.304. The zero-order chi connectivity index (χ0) is 15.0. The number of nitrogens with one attached hydrogen (secondary N) is 1. The molecule has 6 heteroatoms. The van der Waals surface area contributed by atoms with Crippen LogP contribution in [-0.4, -0.2) is 32.1 Å². The summed E-state index contributed by atoms with van der Waals surface area (Å²) < 4.78 is 9.93. The lowest BCUT2D eigenvalue weighted by atomic mass is 10.1. The number of halogens is 1. The van der Waals surface area contributed by atoms with Gasteiger partial charge in [-0.05, 0) is 25.1 Å². The summed E-state index contributed by atoms with van der Waals surface area (Å²) in [5.74, 6) is 0.0814. The van der Waals surface area contributed by atoms with Gasteiger partial charge in [-0.2, -0.15) is 0 Å². The predicted molar refractivity (Wildman–Crippen MR) is 76.0 cm³/mol. The molecule has 0 fully saturated rings. The van der Waals surface area contributed by atoms with E-state index < -0.39 is 0 Å². The number of carbonyl (C=O) groups excluding carboxylic acids is 2. The molecule has 1 aromatic rings. The lowest BCUT2D eigenvalue weighted by molar-refractivity contribution is -0.143. The largest absolute Gasteiger partial charge is 0.496 e. The third-order valence-corrected chi connectivity index (χ3v) is 2.79. The molecule has 1 N–H and O–H groups in total. The number of methoxy groups -OCH3 is 1. The maximum Gasteiger partial charge on any atom is 0.307 e. The van der Waals surface area contributed by atoms with E-state index >= 15 is 0 Å². The van der Waals surface area contributed by atoms with Gasteiger partial charge < -0.3 is 14.8 Å². The van der Waals surface area contributed by atoms with Crippen LogP contribution >= 0.6 is 11.6 Å². The Bertz CT molecular complexity index is 476. The minimum Gasteiger partial charge on any atom is -0.496 e. The molecule has 0 unspecified atom stereocenters. The molecule has 0 aliphatic heterocycles. The Labute approximate surface area is 123 Å². The predicted octanol–water partition coefficient (Wildman–Crippen LogP) is 1.96. The fourth-order valence-corrected chi connectivity index (χ4v) is 1.85. The monoisotopic (exact) mass is 299 g/mol. The highest BCUT2D eigenvalue weighted by atomic mass is 35.5. The van der Waals surface area contributed by atoms with Gasteiger partial charge in [0.05, 0.1) is 26.6 Å². The Morgan fingerprint density at radius 1 is 1.35 bits per heavy atom. The van der Waals surface area contributed by atoms with Crippen molar-refractivity contribution < 1.29 is 19.1 Å². The number of esters is 1. The van der Waals surface area contributed by atoms with E-state index in [4.69, 9.17) is 21.1 Å². The first-order chi connectivity index (χ1) is 9.56. The highest BCUT2D eigenvalue weighted by Gasteiger charge is 2.10. The lowest BCUT2D eigenvalue weighted by Gasteiger charge is -2.09. The van der Waals surface area contributed by atoms with Gasteiger partial charge in [0, 0.05) is 17.1 Å². The van der Waals surface area contributed by atoms with Crippen molar-refractivity contribution in [2.45, 2.75) is 19.8 Å². The first-order valence-corrected chi connectivity index (χ1v) is 6.69. The molecule has 1 aromatic carbocycles. The molecule has 0 aliphatic carbocycles. The van der Waals surface area contributed by atoms with Gasteiger partial charge in [0.25, 0.3) is 0 Å². The summed E-state index contributed by atoms with van der Waals surface area (Å²) in [7, 11) is 1.53. The van der Waals surface area contributed by atoms with Crippen molar-refractivity contribution >= 4 is 23.5 Å². The van der Waals surface area contributed by atoms with Crippen molar-refractivity contribution in [3.05, 3.63) is 28.8 Å². The van der Waals surface area contributed by atoms with Gasteiger partial charge >= 0.3 is 5.97 Å². The molecule has 20 heavy (non-hydrogen) atoms. The molecule has 5 nitrogen and oxygen atoms in total. The molecule has 0 bridgehead atoms. The summed E-state index contributed by atoms with van der Waals surface area (Å²) >= 11 is 5.89. The maximum atomic E-state index is 11.8. The van der Waals surface area contributed by atoms with Crippen LogP contribution in [0.1, 0.15) is 18.9 Å². The summed E-state index contributed by atoms with van der Waals surface area (Å²) in [5, 5.41) is 3.19. The topological polar surface area (TPSA) is 64.6 Å². The summed E-state index contributed by atoms with van der Waals surface area (Å²) in [5.41, 5.74) is 0.702. The molecule has 1 rings (SSSR count). The average molecular weight is 300 g/mol. The van der Waals surface area contributed by atoms with Crippen LogP contribution in [0.5, 0.6) is 5.75 Å². The number of hydrogen-bond donors (Lipinski definition) is 1. The van der Waals surface area contributed by atoms with E-state index in [2.05, 4.69) is 5.32 Å². The van der Waals surface area contributed by atoms with Crippen LogP contribution in [0.4, 0.5) is 0 Å². The lowest BCUT2D eigenvalue weighted by Crippen LogP contribution is -2.28. The van der Waals surface area contributed by atoms with Crippen LogP contribution in [0.25, 0.3) is 0 Å². The molecule has 0 saturated carbocycles. The molecule has 0 spiro atoms. The van der Waals surface area contributed by atoms with E-state index in [9.17, 15) is 9.59 Å². The fourth-order valence-electron chi connectivity index (χ4n) is 1.66. The zero-order valence-corrected chi connectivity index (χ0v) is 12.3. The van der Waals surface area contributed by atoms with Crippen molar-refractivity contribution in [2.75, 3.05) is 20.3 Å². The van der Waals surface area contributed by atoms with Crippen LogP contribution in [0.3, 0.4) is 0 Å². The van der Waals surface area contributed by atoms with Crippen molar-refractivity contribution in [1.29, 1.82) is 0 Å². The van der Waals surface area contributed by atoms with Crippen LogP contribution in [0.15, 0.2) is 18.2 Å². The van der Waals surface area contributed by atoms with Gasteiger partial charge in [-0.3, -0.25) is 9.59 Å². The normalized spacial score (nSPS) is 9.95. The molecule has 0 atom stereocenters. The maximum absolute atomic E-state index is 11.8. The number of hydrogen-bond acceptors (Lipinski definition) is 4. The second-order valence-electron chi connectivity index (χ2n) is 4.04. The van der Waals surface area contributed by atoms with Crippen molar-refractivity contribution in [2.24, 2.45) is 0 Å². The average Bonchev–Trinajstić information content (AvgIpc) is 2.39. The number of carbonyl (C=O) groups is 2. The van der Waals surface area contributed by atoms with Gasteiger partial charge in [0.2, 0.25) is 5.91 Å². The fraction of sp³-hybridized carbons (Fsp3) is 0.429. The van der Waals surface area contributed by atoms with Crippen molar-refractivity contribution in [1.82, 2.24) is 5.32 Å². The van der Waals surface area contributed by atoms with E-state index in [0.29, 0.717) is 22.9 Å². The number of amides is 1. The molecule has 0 aromatic heterocycles. The number of benzene rings is 1. The number of ether oxygens (including phenoxy) is 2. The van der Waals surface area contributed by atoms with Gasteiger partial charge in [-0.1, -0.05) is 11.6 Å². The standard InChI is InChI=1S/C14H18ClNO4/c1-3-20-14(18)6-7-16-13(17)9-10-8-11(15)4-5-12(10)19-2/h4-5,8H,3,6-7,9H2,1-2H3,(H,16,17). The van der Waals surface area contributed by atoms with Crippen molar-refractivity contribution in [3.63, 3.8) is 0 Å². The minimum atomic E-state index is -0.326.